The molecule has 1 saturated heterocycles. The van der Waals surface area contributed by atoms with Crippen molar-refractivity contribution in [1.82, 2.24) is 15.1 Å². The molecule has 1 aromatic carbocycles. The molecule has 1 aromatic heterocycles. The van der Waals surface area contributed by atoms with Gasteiger partial charge in [0, 0.05) is 18.5 Å². The fourth-order valence-corrected chi connectivity index (χ4v) is 2.35. The minimum absolute atomic E-state index is 0.00736. The quantitative estimate of drug-likeness (QED) is 0.769. The number of hydrogen-bond donors (Lipinski definition) is 0. The lowest BCUT2D eigenvalue weighted by molar-refractivity contribution is 0.0717. The summed E-state index contributed by atoms with van der Waals surface area (Å²) in [5.74, 6) is 0.00736. The van der Waals surface area contributed by atoms with Crippen molar-refractivity contribution in [3.63, 3.8) is 0 Å². The van der Waals surface area contributed by atoms with Crippen molar-refractivity contribution in [2.24, 2.45) is 0 Å². The Hall–Kier alpha value is -1.97. The van der Waals surface area contributed by atoms with Crippen molar-refractivity contribution in [1.29, 1.82) is 0 Å². The molecule has 0 atom stereocenters. The molecule has 0 spiro atoms. The van der Waals surface area contributed by atoms with Crippen molar-refractivity contribution in [3.05, 3.63) is 36.0 Å². The fourth-order valence-electron chi connectivity index (χ4n) is 2.35. The summed E-state index contributed by atoms with van der Waals surface area (Å²) in [6.07, 6.45) is 3.40. The molecule has 0 bridgehead atoms. The lowest BCUT2D eigenvalue weighted by atomic mass is 10.1. The van der Waals surface area contributed by atoms with Crippen molar-refractivity contribution in [2.45, 2.75) is 19.3 Å². The molecule has 0 N–H and O–H groups in total. The Morgan fingerprint density at radius 2 is 1.83 bits per heavy atom. The van der Waals surface area contributed by atoms with Crippen LogP contribution >= 0.6 is 0 Å². The van der Waals surface area contributed by atoms with E-state index < -0.39 is 0 Å². The molecule has 3 rings (SSSR count). The van der Waals surface area contributed by atoms with Gasteiger partial charge in [0.2, 0.25) is 0 Å². The Morgan fingerprint density at radius 1 is 1.06 bits per heavy atom. The molecule has 2 heterocycles. The van der Waals surface area contributed by atoms with E-state index in [0.717, 1.165) is 36.8 Å². The van der Waals surface area contributed by atoms with E-state index in [1.54, 1.807) is 0 Å². The Balaban J connectivity index is 1.91. The predicted octanol–water partition coefficient (Wildman–Crippen LogP) is 2.26. The number of likely N-dealkylation sites (tertiary alicyclic amines) is 1. The first-order valence-electron chi connectivity index (χ1n) is 6.36. The standard InChI is InChI=1S/C14H15N3O/c18-14(17-8-4-1-5-9-17)13-10-11-6-2-3-7-12(11)15-16-13/h2-3,6-7,10H,1,4-5,8-9H2. The van der Waals surface area contributed by atoms with Crippen LogP contribution in [0.5, 0.6) is 0 Å². The summed E-state index contributed by atoms with van der Waals surface area (Å²) in [6, 6.07) is 9.55. The van der Waals surface area contributed by atoms with E-state index >= 15 is 0 Å². The van der Waals surface area contributed by atoms with Gasteiger partial charge in [0.15, 0.2) is 5.69 Å². The number of fused-ring (bicyclic) bond motifs is 1. The average Bonchev–Trinajstić information content (AvgIpc) is 2.47. The number of amides is 1. The number of benzene rings is 1. The number of nitrogens with zero attached hydrogens (tertiary/aromatic N) is 3. The molecule has 2 aromatic rings. The van der Waals surface area contributed by atoms with Gasteiger partial charge in [-0.1, -0.05) is 18.2 Å². The van der Waals surface area contributed by atoms with E-state index in [9.17, 15) is 4.79 Å². The number of aromatic nitrogens is 2. The smallest absolute Gasteiger partial charge is 0.274 e. The zero-order valence-electron chi connectivity index (χ0n) is 10.2. The van der Waals surface area contributed by atoms with Crippen molar-refractivity contribution in [2.75, 3.05) is 13.1 Å². The minimum Gasteiger partial charge on any atom is -0.337 e. The minimum atomic E-state index is 0.00736. The lowest BCUT2D eigenvalue weighted by Gasteiger charge is -2.26. The lowest BCUT2D eigenvalue weighted by Crippen LogP contribution is -2.36. The monoisotopic (exact) mass is 241 g/mol. The maximum absolute atomic E-state index is 12.3. The number of rotatable bonds is 1. The fraction of sp³-hybridized carbons (Fsp3) is 0.357. The van der Waals surface area contributed by atoms with Crippen LogP contribution in [0.1, 0.15) is 29.8 Å². The first-order chi connectivity index (χ1) is 8.84. The van der Waals surface area contributed by atoms with Gasteiger partial charge in [0.1, 0.15) is 0 Å². The molecule has 1 aliphatic rings. The van der Waals surface area contributed by atoms with Crippen LogP contribution in [-0.4, -0.2) is 34.1 Å². The normalized spacial score (nSPS) is 15.9. The highest BCUT2D eigenvalue weighted by Crippen LogP contribution is 2.15. The molecule has 92 valence electrons. The largest absolute Gasteiger partial charge is 0.337 e. The molecule has 0 radical (unpaired) electrons. The van der Waals surface area contributed by atoms with Gasteiger partial charge in [-0.05, 0) is 31.4 Å². The van der Waals surface area contributed by atoms with Crippen LogP contribution in [0.15, 0.2) is 30.3 Å². The molecule has 0 aliphatic carbocycles. The average molecular weight is 241 g/mol. The van der Waals surface area contributed by atoms with E-state index in [1.807, 2.05) is 35.2 Å². The summed E-state index contributed by atoms with van der Waals surface area (Å²) in [4.78, 5) is 14.1. The highest BCUT2D eigenvalue weighted by molar-refractivity contribution is 5.95. The third-order valence-corrected chi connectivity index (χ3v) is 3.36. The van der Waals surface area contributed by atoms with E-state index in [1.165, 1.54) is 6.42 Å². The molecular formula is C14H15N3O. The highest BCUT2D eigenvalue weighted by Gasteiger charge is 2.19. The van der Waals surface area contributed by atoms with Gasteiger partial charge in [-0.2, -0.15) is 0 Å². The second kappa shape index (κ2) is 4.72. The molecule has 4 heteroatoms. The van der Waals surface area contributed by atoms with Gasteiger partial charge in [-0.15, -0.1) is 10.2 Å². The Kier molecular flexibility index (Phi) is 2.92. The van der Waals surface area contributed by atoms with E-state index in [4.69, 9.17) is 0 Å². The van der Waals surface area contributed by atoms with Gasteiger partial charge >= 0.3 is 0 Å². The van der Waals surface area contributed by atoms with Gasteiger partial charge < -0.3 is 4.90 Å². The van der Waals surface area contributed by atoms with Gasteiger partial charge in [-0.3, -0.25) is 4.79 Å². The van der Waals surface area contributed by atoms with Gasteiger partial charge in [-0.25, -0.2) is 0 Å². The first kappa shape index (κ1) is 11.1. The molecule has 1 amide bonds. The summed E-state index contributed by atoms with van der Waals surface area (Å²) >= 11 is 0. The molecule has 0 unspecified atom stereocenters. The summed E-state index contributed by atoms with van der Waals surface area (Å²) in [5, 5.41) is 9.11. The number of piperidine rings is 1. The van der Waals surface area contributed by atoms with Crippen LogP contribution in [0.2, 0.25) is 0 Å². The van der Waals surface area contributed by atoms with Crippen LogP contribution < -0.4 is 0 Å². The summed E-state index contributed by atoms with van der Waals surface area (Å²) in [5.41, 5.74) is 1.28. The maximum atomic E-state index is 12.3. The molecule has 0 saturated carbocycles. The molecule has 18 heavy (non-hydrogen) atoms. The van der Waals surface area contributed by atoms with Crippen molar-refractivity contribution >= 4 is 16.8 Å². The molecule has 1 fully saturated rings. The number of hydrogen-bond acceptors (Lipinski definition) is 3. The second-order valence-corrected chi connectivity index (χ2v) is 4.64. The molecule has 1 aliphatic heterocycles. The third-order valence-electron chi connectivity index (χ3n) is 3.36. The van der Waals surface area contributed by atoms with Crippen molar-refractivity contribution < 1.29 is 4.79 Å². The van der Waals surface area contributed by atoms with Crippen LogP contribution in [0.4, 0.5) is 0 Å². The van der Waals surface area contributed by atoms with E-state index in [-0.39, 0.29) is 5.91 Å². The molecular weight excluding hydrogens is 226 g/mol. The van der Waals surface area contributed by atoms with Crippen LogP contribution in [-0.2, 0) is 0 Å². The van der Waals surface area contributed by atoms with Gasteiger partial charge in [0.25, 0.3) is 5.91 Å². The van der Waals surface area contributed by atoms with Crippen molar-refractivity contribution in [3.8, 4) is 0 Å². The second-order valence-electron chi connectivity index (χ2n) is 4.64. The number of carbonyl (C=O) groups is 1. The zero-order chi connectivity index (χ0) is 12.4. The summed E-state index contributed by atoms with van der Waals surface area (Å²) in [7, 11) is 0. The topological polar surface area (TPSA) is 46.1 Å². The third kappa shape index (κ3) is 2.06. The zero-order valence-corrected chi connectivity index (χ0v) is 10.2. The van der Waals surface area contributed by atoms with Gasteiger partial charge in [0.05, 0.1) is 5.52 Å². The maximum Gasteiger partial charge on any atom is 0.274 e. The number of carbonyl (C=O) groups excluding carboxylic acids is 1. The van der Waals surface area contributed by atoms with Crippen LogP contribution in [0, 0.1) is 0 Å². The Bertz CT molecular complexity index is 576. The summed E-state index contributed by atoms with van der Waals surface area (Å²) < 4.78 is 0. The summed E-state index contributed by atoms with van der Waals surface area (Å²) in [6.45, 7) is 1.68. The highest BCUT2D eigenvalue weighted by atomic mass is 16.2. The molecule has 4 nitrogen and oxygen atoms in total. The predicted molar refractivity (Wildman–Crippen MR) is 69.3 cm³/mol. The Labute approximate surface area is 106 Å². The van der Waals surface area contributed by atoms with E-state index in [0.29, 0.717) is 5.69 Å². The Morgan fingerprint density at radius 3 is 2.67 bits per heavy atom. The van der Waals surface area contributed by atoms with Crippen LogP contribution in [0.3, 0.4) is 0 Å². The van der Waals surface area contributed by atoms with E-state index in [2.05, 4.69) is 10.2 Å². The van der Waals surface area contributed by atoms with Crippen LogP contribution in [0.25, 0.3) is 10.9 Å². The first-order valence-corrected chi connectivity index (χ1v) is 6.36. The SMILES string of the molecule is O=C(c1cc2ccccc2nn1)N1CCCCC1.